The highest BCUT2D eigenvalue weighted by molar-refractivity contribution is 5.73. The zero-order valence-electron chi connectivity index (χ0n) is 13.0. The van der Waals surface area contributed by atoms with E-state index in [-0.39, 0.29) is 23.1 Å². The fourth-order valence-electron chi connectivity index (χ4n) is 1.73. The summed E-state index contributed by atoms with van der Waals surface area (Å²) in [7, 11) is 0. The van der Waals surface area contributed by atoms with Gasteiger partial charge >= 0.3 is 0 Å². The number of halogens is 1. The topological polar surface area (TPSA) is 80.0 Å². The first-order chi connectivity index (χ1) is 9.79. The van der Waals surface area contributed by atoms with Crippen molar-refractivity contribution in [1.29, 1.82) is 0 Å². The van der Waals surface area contributed by atoms with Crippen LogP contribution in [0.15, 0.2) is 12.3 Å². The number of nitrogens with one attached hydrogen (secondary N) is 2. The van der Waals surface area contributed by atoms with Crippen molar-refractivity contribution in [1.82, 2.24) is 10.3 Å². The van der Waals surface area contributed by atoms with Gasteiger partial charge in [0, 0.05) is 36.8 Å². The predicted octanol–water partition coefficient (Wildman–Crippen LogP) is 2.18. The van der Waals surface area contributed by atoms with E-state index in [0.717, 1.165) is 6.42 Å². The number of carbonyl (C=O) groups is 1. The van der Waals surface area contributed by atoms with E-state index in [1.165, 1.54) is 0 Å². The van der Waals surface area contributed by atoms with Crippen molar-refractivity contribution in [3.8, 4) is 0 Å². The maximum atomic E-state index is 14.2. The summed E-state index contributed by atoms with van der Waals surface area (Å²) in [6.45, 7) is 7.11. The fraction of sp³-hybridized carbons (Fsp3) is 0.600. The molecule has 21 heavy (non-hydrogen) atoms. The summed E-state index contributed by atoms with van der Waals surface area (Å²) in [5, 5.41) is 6.21. The second-order valence-corrected chi connectivity index (χ2v) is 6.09. The number of aromatic nitrogens is 1. The Morgan fingerprint density at radius 1 is 1.38 bits per heavy atom. The monoisotopic (exact) mass is 296 g/mol. The first-order valence-electron chi connectivity index (χ1n) is 7.20. The molecule has 5 nitrogen and oxygen atoms in total. The highest BCUT2D eigenvalue weighted by Crippen LogP contribution is 2.16. The lowest BCUT2D eigenvalue weighted by molar-refractivity contribution is -0.118. The number of nitrogens with zero attached hydrogens (tertiary/aromatic N) is 1. The number of pyridine rings is 1. The molecule has 0 bridgehead atoms. The minimum absolute atomic E-state index is 0.0714. The van der Waals surface area contributed by atoms with Crippen LogP contribution in [0, 0.1) is 5.82 Å². The number of carbonyl (C=O) groups excluding carboxylic acids is 1. The van der Waals surface area contributed by atoms with Crippen LogP contribution in [0.2, 0.25) is 0 Å². The maximum Gasteiger partial charge on any atom is 0.217 e. The Morgan fingerprint density at radius 3 is 2.71 bits per heavy atom. The van der Waals surface area contributed by atoms with E-state index in [1.54, 1.807) is 12.3 Å². The van der Waals surface area contributed by atoms with Crippen LogP contribution in [-0.4, -0.2) is 23.0 Å². The molecule has 4 N–H and O–H groups in total. The molecule has 0 saturated carbocycles. The normalized spacial score (nSPS) is 11.4. The Hall–Kier alpha value is -1.69. The van der Waals surface area contributed by atoms with Gasteiger partial charge in [-0.1, -0.05) is 0 Å². The highest BCUT2D eigenvalue weighted by Gasteiger charge is 2.13. The van der Waals surface area contributed by atoms with Gasteiger partial charge in [-0.25, -0.2) is 9.37 Å². The Balaban J connectivity index is 2.50. The quantitative estimate of drug-likeness (QED) is 0.642. The molecule has 0 spiro atoms. The maximum absolute atomic E-state index is 14.2. The average Bonchev–Trinajstić information content (AvgIpc) is 2.37. The lowest BCUT2D eigenvalue weighted by Gasteiger charge is -2.21. The van der Waals surface area contributed by atoms with Crippen molar-refractivity contribution in [3.05, 3.63) is 23.6 Å². The number of hydrogen-bond acceptors (Lipinski definition) is 4. The summed E-state index contributed by atoms with van der Waals surface area (Å²) in [5.41, 5.74) is 5.57. The van der Waals surface area contributed by atoms with Crippen molar-refractivity contribution in [3.63, 3.8) is 0 Å². The largest absolute Gasteiger partial charge is 0.370 e. The van der Waals surface area contributed by atoms with Gasteiger partial charge in [0.1, 0.15) is 0 Å². The second-order valence-electron chi connectivity index (χ2n) is 6.09. The molecule has 1 rings (SSSR count). The molecule has 6 heteroatoms. The molecule has 1 aromatic rings. The zero-order valence-corrected chi connectivity index (χ0v) is 13.0. The molecule has 1 amide bonds. The number of primary amides is 1. The first kappa shape index (κ1) is 17.4. The fourth-order valence-corrected chi connectivity index (χ4v) is 1.73. The minimum Gasteiger partial charge on any atom is -0.370 e. The standard InChI is InChI=1S/C15H25FN4O/c1-15(2,3)20-10-11-7-9-19-14(13(11)16)18-8-5-4-6-12(17)21/h7,9,20H,4-6,8,10H2,1-3H3,(H2,17,21)(H,18,19). The van der Waals surface area contributed by atoms with Gasteiger partial charge in [0.2, 0.25) is 5.91 Å². The summed E-state index contributed by atoms with van der Waals surface area (Å²) >= 11 is 0. The summed E-state index contributed by atoms with van der Waals surface area (Å²) in [6.07, 6.45) is 3.38. The molecular weight excluding hydrogens is 271 g/mol. The Kier molecular flexibility index (Phi) is 6.55. The molecule has 0 aliphatic heterocycles. The molecule has 0 fully saturated rings. The van der Waals surface area contributed by atoms with Crippen LogP contribution in [0.5, 0.6) is 0 Å². The summed E-state index contributed by atoms with van der Waals surface area (Å²) < 4.78 is 14.2. The van der Waals surface area contributed by atoms with Gasteiger partial charge < -0.3 is 16.4 Å². The predicted molar refractivity (Wildman–Crippen MR) is 82.3 cm³/mol. The van der Waals surface area contributed by atoms with Gasteiger partial charge in [-0.15, -0.1) is 0 Å². The molecular formula is C15H25FN4O. The lowest BCUT2D eigenvalue weighted by atomic mass is 10.1. The van der Waals surface area contributed by atoms with Crippen LogP contribution in [-0.2, 0) is 11.3 Å². The van der Waals surface area contributed by atoms with E-state index in [4.69, 9.17) is 5.73 Å². The van der Waals surface area contributed by atoms with Gasteiger partial charge in [-0.2, -0.15) is 0 Å². The molecule has 0 atom stereocenters. The molecule has 0 saturated heterocycles. The first-order valence-corrected chi connectivity index (χ1v) is 7.20. The van der Waals surface area contributed by atoms with Gasteiger partial charge in [-0.05, 0) is 39.7 Å². The van der Waals surface area contributed by atoms with E-state index in [9.17, 15) is 9.18 Å². The molecule has 0 aromatic carbocycles. The molecule has 118 valence electrons. The van der Waals surface area contributed by atoms with Crippen molar-refractivity contribution in [2.75, 3.05) is 11.9 Å². The summed E-state index contributed by atoms with van der Waals surface area (Å²) in [4.78, 5) is 14.6. The molecule has 0 radical (unpaired) electrons. The Morgan fingerprint density at radius 2 is 2.10 bits per heavy atom. The smallest absolute Gasteiger partial charge is 0.217 e. The van der Waals surface area contributed by atoms with Crippen LogP contribution in [0.4, 0.5) is 10.2 Å². The molecule has 0 unspecified atom stereocenters. The third kappa shape index (κ3) is 7.04. The summed E-state index contributed by atoms with van der Waals surface area (Å²) in [6, 6.07) is 1.67. The minimum atomic E-state index is -0.329. The Labute approximate surface area is 125 Å². The highest BCUT2D eigenvalue weighted by atomic mass is 19.1. The van der Waals surface area contributed by atoms with Crippen LogP contribution < -0.4 is 16.4 Å². The number of unbranched alkanes of at least 4 members (excludes halogenated alkanes) is 1. The lowest BCUT2D eigenvalue weighted by Crippen LogP contribution is -2.35. The number of nitrogens with two attached hydrogens (primary N) is 1. The Bertz CT molecular complexity index is 471. The van der Waals surface area contributed by atoms with Crippen LogP contribution in [0.3, 0.4) is 0 Å². The number of hydrogen-bond donors (Lipinski definition) is 3. The number of anilines is 1. The molecule has 0 aliphatic carbocycles. The van der Waals surface area contributed by atoms with Gasteiger partial charge in [0.25, 0.3) is 0 Å². The van der Waals surface area contributed by atoms with Crippen LogP contribution in [0.25, 0.3) is 0 Å². The summed E-state index contributed by atoms with van der Waals surface area (Å²) in [5.74, 6) is -0.388. The van der Waals surface area contributed by atoms with E-state index < -0.39 is 0 Å². The zero-order chi connectivity index (χ0) is 15.9. The average molecular weight is 296 g/mol. The van der Waals surface area contributed by atoms with Crippen LogP contribution >= 0.6 is 0 Å². The van der Waals surface area contributed by atoms with Crippen molar-refractivity contribution < 1.29 is 9.18 Å². The number of amides is 1. The van der Waals surface area contributed by atoms with Gasteiger partial charge in [0.05, 0.1) is 0 Å². The number of rotatable bonds is 8. The van der Waals surface area contributed by atoms with Crippen LogP contribution in [0.1, 0.15) is 45.6 Å². The second kappa shape index (κ2) is 7.93. The third-order valence-electron chi connectivity index (χ3n) is 2.92. The van der Waals surface area contributed by atoms with E-state index in [1.807, 2.05) is 20.8 Å². The van der Waals surface area contributed by atoms with E-state index in [0.29, 0.717) is 31.5 Å². The van der Waals surface area contributed by atoms with Gasteiger partial charge in [0.15, 0.2) is 11.6 Å². The van der Waals surface area contributed by atoms with Crippen molar-refractivity contribution in [2.45, 2.75) is 52.1 Å². The van der Waals surface area contributed by atoms with E-state index >= 15 is 0 Å². The van der Waals surface area contributed by atoms with Crippen molar-refractivity contribution >= 4 is 11.7 Å². The molecule has 1 heterocycles. The van der Waals surface area contributed by atoms with E-state index in [2.05, 4.69) is 15.6 Å². The SMILES string of the molecule is CC(C)(C)NCc1ccnc(NCCCCC(N)=O)c1F. The van der Waals surface area contributed by atoms with Gasteiger partial charge in [-0.3, -0.25) is 4.79 Å². The molecule has 1 aromatic heterocycles. The molecule has 0 aliphatic rings. The third-order valence-corrected chi connectivity index (χ3v) is 2.92. The van der Waals surface area contributed by atoms with Crippen molar-refractivity contribution in [2.24, 2.45) is 5.73 Å².